The van der Waals surface area contributed by atoms with Gasteiger partial charge in [0.1, 0.15) is 0 Å². The molecular weight excluding hydrogens is 231 g/mol. The molecule has 1 aromatic carbocycles. The Morgan fingerprint density at radius 1 is 0.941 bits per heavy atom. The molecule has 1 heterocycles. The maximum atomic E-state index is 12.3. The monoisotopic (exact) mass is 239 g/mol. The van der Waals surface area contributed by atoms with E-state index < -0.39 is 11.7 Å². The van der Waals surface area contributed by atoms with Crippen molar-refractivity contribution in [2.24, 2.45) is 0 Å². The molecule has 0 saturated heterocycles. The van der Waals surface area contributed by atoms with Crippen LogP contribution in [0.15, 0.2) is 48.8 Å². The second-order valence-electron chi connectivity index (χ2n) is 3.53. The predicted molar refractivity (Wildman–Crippen MR) is 55.8 cm³/mol. The van der Waals surface area contributed by atoms with Gasteiger partial charge in [-0.05, 0) is 23.8 Å². The zero-order chi connectivity index (χ0) is 12.5. The van der Waals surface area contributed by atoms with Crippen molar-refractivity contribution in [3.63, 3.8) is 0 Å². The maximum absolute atomic E-state index is 12.3. The Morgan fingerprint density at radius 3 is 2.12 bits per heavy atom. The molecule has 0 amide bonds. The van der Waals surface area contributed by atoms with Crippen LogP contribution in [-0.4, -0.2) is 0 Å². The van der Waals surface area contributed by atoms with Gasteiger partial charge >= 0.3 is 6.18 Å². The number of benzene rings is 1. The van der Waals surface area contributed by atoms with Gasteiger partial charge in [0.15, 0.2) is 12.4 Å². The van der Waals surface area contributed by atoms with E-state index in [9.17, 15) is 18.4 Å². The molecule has 0 radical (unpaired) electrons. The molecule has 0 N–H and O–H groups in total. The van der Waals surface area contributed by atoms with Crippen LogP contribution in [0.25, 0.3) is 11.1 Å². The average Bonchev–Trinajstić information content (AvgIpc) is 2.28. The number of hydrogen-bond donors (Lipinski definition) is 0. The van der Waals surface area contributed by atoms with Crippen LogP contribution in [0, 0.1) is 5.21 Å². The zero-order valence-corrected chi connectivity index (χ0v) is 8.61. The number of aromatic nitrogens is 1. The minimum atomic E-state index is -4.34. The molecule has 0 spiro atoms. The van der Waals surface area contributed by atoms with E-state index in [1.54, 1.807) is 12.1 Å². The first kappa shape index (κ1) is 11.4. The lowest BCUT2D eigenvalue weighted by molar-refractivity contribution is -0.604. The van der Waals surface area contributed by atoms with Crippen LogP contribution in [0.3, 0.4) is 0 Å². The Labute approximate surface area is 95.5 Å². The van der Waals surface area contributed by atoms with Gasteiger partial charge in [-0.1, -0.05) is 12.1 Å². The van der Waals surface area contributed by atoms with Crippen LogP contribution < -0.4 is 4.73 Å². The third-order valence-corrected chi connectivity index (χ3v) is 2.32. The van der Waals surface area contributed by atoms with Crippen LogP contribution in [0.5, 0.6) is 0 Å². The molecule has 0 bridgehead atoms. The van der Waals surface area contributed by atoms with Crippen LogP contribution in [0.2, 0.25) is 0 Å². The number of pyridine rings is 1. The zero-order valence-electron chi connectivity index (χ0n) is 8.61. The number of rotatable bonds is 1. The highest BCUT2D eigenvalue weighted by molar-refractivity contribution is 5.61. The first-order valence-electron chi connectivity index (χ1n) is 4.83. The lowest BCUT2D eigenvalue weighted by Gasteiger charge is -2.07. The summed E-state index contributed by atoms with van der Waals surface area (Å²) in [5, 5.41) is 11.0. The molecule has 0 fully saturated rings. The number of alkyl halides is 3. The molecule has 0 aliphatic heterocycles. The summed E-state index contributed by atoms with van der Waals surface area (Å²) in [5.74, 6) is 0. The van der Waals surface area contributed by atoms with E-state index >= 15 is 0 Å². The minimum Gasteiger partial charge on any atom is -0.619 e. The Hall–Kier alpha value is -2.04. The normalized spacial score (nSPS) is 11.5. The van der Waals surface area contributed by atoms with E-state index in [0.717, 1.165) is 12.1 Å². The van der Waals surface area contributed by atoms with Gasteiger partial charge in [-0.25, -0.2) is 0 Å². The average molecular weight is 239 g/mol. The lowest BCUT2D eigenvalue weighted by atomic mass is 10.1. The second kappa shape index (κ2) is 4.08. The van der Waals surface area contributed by atoms with Crippen LogP contribution in [0.4, 0.5) is 13.2 Å². The summed E-state index contributed by atoms with van der Waals surface area (Å²) < 4.78 is 37.6. The Balaban J connectivity index is 2.36. The number of halogens is 3. The summed E-state index contributed by atoms with van der Waals surface area (Å²) in [5.41, 5.74) is 0.451. The van der Waals surface area contributed by atoms with Crippen molar-refractivity contribution in [2.75, 3.05) is 0 Å². The number of hydrogen-bond acceptors (Lipinski definition) is 1. The van der Waals surface area contributed by atoms with Gasteiger partial charge in [-0.3, -0.25) is 0 Å². The van der Waals surface area contributed by atoms with E-state index in [4.69, 9.17) is 0 Å². The molecular formula is C12H8F3NO. The first-order chi connectivity index (χ1) is 7.97. The van der Waals surface area contributed by atoms with Crippen LogP contribution >= 0.6 is 0 Å². The van der Waals surface area contributed by atoms with Crippen molar-refractivity contribution in [2.45, 2.75) is 6.18 Å². The fraction of sp³-hybridized carbons (Fsp3) is 0.0833. The van der Waals surface area contributed by atoms with E-state index in [2.05, 4.69) is 0 Å². The third kappa shape index (κ3) is 2.55. The fourth-order valence-corrected chi connectivity index (χ4v) is 1.48. The van der Waals surface area contributed by atoms with Crippen molar-refractivity contribution >= 4 is 0 Å². The Morgan fingerprint density at radius 2 is 1.59 bits per heavy atom. The van der Waals surface area contributed by atoms with E-state index in [1.807, 2.05) is 0 Å². The highest BCUT2D eigenvalue weighted by atomic mass is 19.4. The maximum Gasteiger partial charge on any atom is 0.416 e. The molecule has 2 rings (SSSR count). The standard InChI is InChI=1S/C12H8F3NO/c13-12(14,15)11-5-3-9(4-6-11)10-2-1-7-16(17)8-10/h1-8H. The lowest BCUT2D eigenvalue weighted by Crippen LogP contribution is -2.23. The van der Waals surface area contributed by atoms with Crippen molar-refractivity contribution in [3.05, 3.63) is 59.6 Å². The summed E-state index contributed by atoms with van der Waals surface area (Å²) in [4.78, 5) is 0. The molecule has 17 heavy (non-hydrogen) atoms. The van der Waals surface area contributed by atoms with Gasteiger partial charge in [0.2, 0.25) is 0 Å². The predicted octanol–water partition coefficient (Wildman–Crippen LogP) is 3.01. The van der Waals surface area contributed by atoms with Crippen LogP contribution in [0.1, 0.15) is 5.56 Å². The van der Waals surface area contributed by atoms with Crippen molar-refractivity contribution < 1.29 is 17.9 Å². The third-order valence-electron chi connectivity index (χ3n) is 2.32. The highest BCUT2D eigenvalue weighted by Gasteiger charge is 2.29. The summed E-state index contributed by atoms with van der Waals surface area (Å²) in [6.07, 6.45) is -1.72. The molecule has 0 aliphatic carbocycles. The van der Waals surface area contributed by atoms with Gasteiger partial charge < -0.3 is 5.21 Å². The van der Waals surface area contributed by atoms with Crippen molar-refractivity contribution in [1.82, 2.24) is 0 Å². The topological polar surface area (TPSA) is 26.9 Å². The second-order valence-corrected chi connectivity index (χ2v) is 3.53. The quantitative estimate of drug-likeness (QED) is 0.555. The summed E-state index contributed by atoms with van der Waals surface area (Å²) in [6, 6.07) is 7.89. The molecule has 0 unspecified atom stereocenters. The summed E-state index contributed by atoms with van der Waals surface area (Å²) in [6.45, 7) is 0. The van der Waals surface area contributed by atoms with E-state index in [0.29, 0.717) is 15.9 Å². The van der Waals surface area contributed by atoms with Gasteiger partial charge in [-0.2, -0.15) is 17.9 Å². The first-order valence-corrected chi connectivity index (χ1v) is 4.83. The highest BCUT2D eigenvalue weighted by Crippen LogP contribution is 2.30. The molecule has 2 aromatic rings. The Kier molecular flexibility index (Phi) is 2.75. The SMILES string of the molecule is [O-][n+]1cccc(-c2ccc(C(F)(F)F)cc2)c1. The molecule has 2 nitrogen and oxygen atoms in total. The number of nitrogens with zero attached hydrogens (tertiary/aromatic N) is 1. The molecule has 1 aromatic heterocycles. The van der Waals surface area contributed by atoms with Crippen LogP contribution in [-0.2, 0) is 6.18 Å². The molecule has 0 saturated carbocycles. The van der Waals surface area contributed by atoms with Crippen molar-refractivity contribution in [1.29, 1.82) is 0 Å². The van der Waals surface area contributed by atoms with E-state index in [-0.39, 0.29) is 0 Å². The molecule has 0 aliphatic rings. The van der Waals surface area contributed by atoms with Crippen molar-refractivity contribution in [3.8, 4) is 11.1 Å². The van der Waals surface area contributed by atoms with Gasteiger partial charge in [0, 0.05) is 11.6 Å². The minimum absolute atomic E-state index is 0.572. The van der Waals surface area contributed by atoms with Gasteiger partial charge in [-0.15, -0.1) is 0 Å². The molecule has 5 heteroatoms. The van der Waals surface area contributed by atoms with E-state index in [1.165, 1.54) is 24.5 Å². The summed E-state index contributed by atoms with van der Waals surface area (Å²) in [7, 11) is 0. The Bertz CT molecular complexity index is 520. The molecule has 88 valence electrons. The van der Waals surface area contributed by atoms with Gasteiger partial charge in [0.05, 0.1) is 5.56 Å². The molecule has 0 atom stereocenters. The summed E-state index contributed by atoms with van der Waals surface area (Å²) >= 11 is 0. The van der Waals surface area contributed by atoms with Gasteiger partial charge in [0.25, 0.3) is 0 Å². The smallest absolute Gasteiger partial charge is 0.416 e. The fourth-order valence-electron chi connectivity index (χ4n) is 1.48. The largest absolute Gasteiger partial charge is 0.619 e.